The van der Waals surface area contributed by atoms with Crippen molar-refractivity contribution in [1.29, 1.82) is 0 Å². The summed E-state index contributed by atoms with van der Waals surface area (Å²) in [4.78, 5) is 2.17. The number of hydrogen-bond acceptors (Lipinski definition) is 4. The molecule has 0 spiro atoms. The predicted octanol–water partition coefficient (Wildman–Crippen LogP) is 2.02. The Morgan fingerprint density at radius 1 is 1.16 bits per heavy atom. The number of rotatable bonds is 9. The van der Waals surface area contributed by atoms with E-state index in [-0.39, 0.29) is 5.75 Å². The van der Waals surface area contributed by atoms with Crippen molar-refractivity contribution in [3.05, 3.63) is 29.6 Å². The third kappa shape index (κ3) is 6.00. The van der Waals surface area contributed by atoms with Crippen molar-refractivity contribution in [2.45, 2.75) is 13.0 Å². The standard InChI is InChI=1S/C14H22FNO3/c1-18-8-3-6-16(7-9-19-2)11-12-4-5-14(17)13(15)10-12/h4-5,10,17H,3,6-9,11H2,1-2H3. The van der Waals surface area contributed by atoms with Gasteiger partial charge in [0.2, 0.25) is 0 Å². The van der Waals surface area contributed by atoms with Crippen molar-refractivity contribution in [1.82, 2.24) is 4.90 Å². The van der Waals surface area contributed by atoms with Gasteiger partial charge in [0.15, 0.2) is 11.6 Å². The molecule has 0 bridgehead atoms. The smallest absolute Gasteiger partial charge is 0.165 e. The zero-order valence-corrected chi connectivity index (χ0v) is 11.6. The van der Waals surface area contributed by atoms with Crippen LogP contribution in [0.2, 0.25) is 0 Å². The molecule has 1 aromatic rings. The summed E-state index contributed by atoms with van der Waals surface area (Å²) >= 11 is 0. The number of benzene rings is 1. The monoisotopic (exact) mass is 271 g/mol. The molecule has 1 aromatic carbocycles. The Labute approximate surface area is 113 Å². The molecule has 0 aromatic heterocycles. The van der Waals surface area contributed by atoms with Crippen LogP contribution in [-0.2, 0) is 16.0 Å². The highest BCUT2D eigenvalue weighted by Crippen LogP contribution is 2.17. The molecule has 0 fully saturated rings. The number of nitrogens with zero attached hydrogens (tertiary/aromatic N) is 1. The maximum atomic E-state index is 13.3. The van der Waals surface area contributed by atoms with Gasteiger partial charge in [0.25, 0.3) is 0 Å². The Morgan fingerprint density at radius 3 is 2.53 bits per heavy atom. The van der Waals surface area contributed by atoms with Crippen molar-refractivity contribution in [3.63, 3.8) is 0 Å². The van der Waals surface area contributed by atoms with Gasteiger partial charge in [-0.25, -0.2) is 4.39 Å². The molecule has 0 heterocycles. The van der Waals surface area contributed by atoms with Gasteiger partial charge in [-0.15, -0.1) is 0 Å². The number of ether oxygens (including phenoxy) is 2. The first-order chi connectivity index (χ1) is 9.17. The molecule has 0 aliphatic carbocycles. The van der Waals surface area contributed by atoms with E-state index >= 15 is 0 Å². The number of halogens is 1. The summed E-state index contributed by atoms with van der Waals surface area (Å²) in [6.45, 7) is 3.60. The molecule has 4 nitrogen and oxygen atoms in total. The first-order valence-corrected chi connectivity index (χ1v) is 6.35. The molecule has 5 heteroatoms. The van der Waals surface area contributed by atoms with Gasteiger partial charge < -0.3 is 14.6 Å². The minimum Gasteiger partial charge on any atom is -0.505 e. The fraction of sp³-hybridized carbons (Fsp3) is 0.571. The van der Waals surface area contributed by atoms with E-state index in [1.54, 1.807) is 20.3 Å². The lowest BCUT2D eigenvalue weighted by Crippen LogP contribution is -2.28. The summed E-state index contributed by atoms with van der Waals surface area (Å²) in [5.41, 5.74) is 0.837. The molecule has 0 radical (unpaired) electrons. The fourth-order valence-corrected chi connectivity index (χ4v) is 1.83. The van der Waals surface area contributed by atoms with Crippen LogP contribution in [-0.4, -0.2) is 50.5 Å². The molecular weight excluding hydrogens is 249 g/mol. The number of hydrogen-bond donors (Lipinski definition) is 1. The molecule has 19 heavy (non-hydrogen) atoms. The molecule has 0 aliphatic heterocycles. The Balaban J connectivity index is 2.56. The Hall–Kier alpha value is -1.17. The van der Waals surface area contributed by atoms with Gasteiger partial charge in [-0.2, -0.15) is 0 Å². The van der Waals surface area contributed by atoms with Crippen molar-refractivity contribution in [3.8, 4) is 5.75 Å². The SMILES string of the molecule is COCCCN(CCOC)Cc1ccc(O)c(F)c1. The highest BCUT2D eigenvalue weighted by molar-refractivity contribution is 5.27. The molecule has 1 N–H and O–H groups in total. The second-order valence-electron chi connectivity index (χ2n) is 4.40. The second-order valence-corrected chi connectivity index (χ2v) is 4.40. The van der Waals surface area contributed by atoms with Crippen LogP contribution >= 0.6 is 0 Å². The largest absolute Gasteiger partial charge is 0.505 e. The lowest BCUT2D eigenvalue weighted by Gasteiger charge is -2.22. The first kappa shape index (κ1) is 15.9. The van der Waals surface area contributed by atoms with E-state index in [9.17, 15) is 4.39 Å². The summed E-state index contributed by atoms with van der Waals surface area (Å²) in [5, 5.41) is 9.17. The maximum Gasteiger partial charge on any atom is 0.165 e. The third-order valence-electron chi connectivity index (χ3n) is 2.85. The number of phenols is 1. The van der Waals surface area contributed by atoms with Crippen LogP contribution in [0.5, 0.6) is 5.75 Å². The van der Waals surface area contributed by atoms with Crippen LogP contribution in [0.25, 0.3) is 0 Å². The lowest BCUT2D eigenvalue weighted by atomic mass is 10.2. The van der Waals surface area contributed by atoms with Gasteiger partial charge in [-0.1, -0.05) is 6.07 Å². The van der Waals surface area contributed by atoms with Crippen LogP contribution in [0, 0.1) is 5.82 Å². The van der Waals surface area contributed by atoms with Crippen molar-refractivity contribution < 1.29 is 19.0 Å². The first-order valence-electron chi connectivity index (χ1n) is 6.35. The summed E-state index contributed by atoms with van der Waals surface area (Å²) in [7, 11) is 3.34. The summed E-state index contributed by atoms with van der Waals surface area (Å²) in [6.07, 6.45) is 0.917. The lowest BCUT2D eigenvalue weighted by molar-refractivity contribution is 0.129. The van der Waals surface area contributed by atoms with Gasteiger partial charge in [-0.3, -0.25) is 4.90 Å². The predicted molar refractivity (Wildman–Crippen MR) is 71.7 cm³/mol. The van der Waals surface area contributed by atoms with Gasteiger partial charge in [0.05, 0.1) is 6.61 Å². The summed E-state index contributed by atoms with van der Waals surface area (Å²) in [6, 6.07) is 4.48. The molecular formula is C14H22FNO3. The van der Waals surface area contributed by atoms with E-state index < -0.39 is 5.82 Å². The van der Waals surface area contributed by atoms with Gasteiger partial charge in [0.1, 0.15) is 0 Å². The molecule has 0 aliphatic rings. The molecule has 0 atom stereocenters. The Morgan fingerprint density at radius 2 is 1.89 bits per heavy atom. The van der Waals surface area contributed by atoms with E-state index in [0.29, 0.717) is 19.8 Å². The van der Waals surface area contributed by atoms with Crippen molar-refractivity contribution in [2.24, 2.45) is 0 Å². The van der Waals surface area contributed by atoms with Crippen LogP contribution in [0.1, 0.15) is 12.0 Å². The molecule has 0 saturated heterocycles. The highest BCUT2D eigenvalue weighted by Gasteiger charge is 2.08. The molecule has 108 valence electrons. The average Bonchev–Trinajstić information content (AvgIpc) is 2.40. The van der Waals surface area contributed by atoms with Crippen LogP contribution in [0.15, 0.2) is 18.2 Å². The molecule has 1 rings (SSSR count). The Kier molecular flexibility index (Phi) is 7.40. The number of phenolic OH excluding ortho intramolecular Hbond substituents is 1. The van der Waals surface area contributed by atoms with Crippen LogP contribution in [0.4, 0.5) is 4.39 Å². The van der Waals surface area contributed by atoms with Gasteiger partial charge in [-0.05, 0) is 24.1 Å². The average molecular weight is 271 g/mol. The van der Waals surface area contributed by atoms with Crippen LogP contribution < -0.4 is 0 Å². The quantitative estimate of drug-likeness (QED) is 0.698. The zero-order chi connectivity index (χ0) is 14.1. The van der Waals surface area contributed by atoms with E-state index in [0.717, 1.165) is 25.1 Å². The van der Waals surface area contributed by atoms with Gasteiger partial charge >= 0.3 is 0 Å². The molecule has 0 saturated carbocycles. The topological polar surface area (TPSA) is 41.9 Å². The zero-order valence-electron chi connectivity index (χ0n) is 11.6. The van der Waals surface area contributed by atoms with E-state index in [4.69, 9.17) is 14.6 Å². The molecule has 0 amide bonds. The van der Waals surface area contributed by atoms with E-state index in [1.165, 1.54) is 12.1 Å². The maximum absolute atomic E-state index is 13.3. The normalized spacial score (nSPS) is 11.2. The van der Waals surface area contributed by atoms with Crippen molar-refractivity contribution >= 4 is 0 Å². The van der Waals surface area contributed by atoms with E-state index in [2.05, 4.69) is 4.90 Å². The third-order valence-corrected chi connectivity index (χ3v) is 2.85. The molecule has 0 unspecified atom stereocenters. The number of aromatic hydroxyl groups is 1. The number of methoxy groups -OCH3 is 2. The Bertz CT molecular complexity index is 374. The minimum absolute atomic E-state index is 0.313. The minimum atomic E-state index is -0.582. The summed E-state index contributed by atoms with van der Waals surface area (Å²) in [5.74, 6) is -0.896. The van der Waals surface area contributed by atoms with Gasteiger partial charge in [0, 0.05) is 40.5 Å². The second kappa shape index (κ2) is 8.85. The fourth-order valence-electron chi connectivity index (χ4n) is 1.83. The van der Waals surface area contributed by atoms with E-state index in [1.807, 2.05) is 0 Å². The summed E-state index contributed by atoms with van der Waals surface area (Å²) < 4.78 is 23.4. The van der Waals surface area contributed by atoms with Crippen LogP contribution in [0.3, 0.4) is 0 Å². The highest BCUT2D eigenvalue weighted by atomic mass is 19.1. The van der Waals surface area contributed by atoms with Crippen molar-refractivity contribution in [2.75, 3.05) is 40.5 Å².